The van der Waals surface area contributed by atoms with Gasteiger partial charge in [0.2, 0.25) is 5.88 Å². The zero-order chi connectivity index (χ0) is 14.7. The number of nitrogens with one attached hydrogen (secondary N) is 1. The van der Waals surface area contributed by atoms with Gasteiger partial charge in [-0.05, 0) is 25.1 Å². The lowest BCUT2D eigenvalue weighted by Crippen LogP contribution is -2.04. The minimum Gasteiger partial charge on any atom is -0.481 e. The number of nitrogens with zero attached hydrogens (tertiary/aromatic N) is 2. The summed E-state index contributed by atoms with van der Waals surface area (Å²) >= 11 is 0. The Morgan fingerprint density at radius 3 is 2.86 bits per heavy atom. The molecule has 0 bridgehead atoms. The number of benzene rings is 1. The third-order valence-corrected chi connectivity index (χ3v) is 3.36. The number of hydrogen-bond donors (Lipinski definition) is 1. The summed E-state index contributed by atoms with van der Waals surface area (Å²) in [6.45, 7) is 2.66. The highest BCUT2D eigenvalue weighted by molar-refractivity contribution is 5.91. The molecular weight excluding hydrogens is 262 g/mol. The molecule has 3 aromatic rings. The van der Waals surface area contributed by atoms with E-state index in [0.717, 1.165) is 27.8 Å². The van der Waals surface area contributed by atoms with E-state index in [1.807, 2.05) is 37.3 Å². The second-order valence-electron chi connectivity index (χ2n) is 4.85. The van der Waals surface area contributed by atoms with Crippen molar-refractivity contribution in [2.24, 2.45) is 0 Å². The first-order chi connectivity index (χ1) is 10.3. The lowest BCUT2D eigenvalue weighted by Gasteiger charge is -2.12. The number of pyridine rings is 2. The molecule has 0 spiro atoms. The smallest absolute Gasteiger partial charge is 0.218 e. The molecule has 0 aliphatic carbocycles. The Kier molecular flexibility index (Phi) is 3.69. The third kappa shape index (κ3) is 2.79. The van der Waals surface area contributed by atoms with Crippen LogP contribution < -0.4 is 10.1 Å². The monoisotopic (exact) mass is 279 g/mol. The largest absolute Gasteiger partial charge is 0.481 e. The fourth-order valence-electron chi connectivity index (χ4n) is 2.39. The van der Waals surface area contributed by atoms with Crippen LogP contribution in [0.3, 0.4) is 0 Å². The average Bonchev–Trinajstić information content (AvgIpc) is 2.52. The summed E-state index contributed by atoms with van der Waals surface area (Å²) in [5.41, 5.74) is 4.09. The van der Waals surface area contributed by atoms with Gasteiger partial charge < -0.3 is 10.1 Å². The molecule has 0 saturated carbocycles. The first-order valence-corrected chi connectivity index (χ1v) is 6.86. The molecule has 0 fully saturated rings. The highest BCUT2D eigenvalue weighted by Crippen LogP contribution is 2.24. The van der Waals surface area contributed by atoms with E-state index >= 15 is 0 Å². The van der Waals surface area contributed by atoms with E-state index in [1.54, 1.807) is 13.3 Å². The van der Waals surface area contributed by atoms with E-state index in [2.05, 4.69) is 27.4 Å². The van der Waals surface area contributed by atoms with Crippen molar-refractivity contribution in [3.8, 4) is 5.88 Å². The number of anilines is 1. The van der Waals surface area contributed by atoms with Crippen molar-refractivity contribution in [2.75, 3.05) is 12.4 Å². The van der Waals surface area contributed by atoms with E-state index in [9.17, 15) is 0 Å². The van der Waals surface area contributed by atoms with Crippen molar-refractivity contribution < 1.29 is 4.74 Å². The molecule has 4 nitrogen and oxygen atoms in total. The fraction of sp³-hybridized carbons (Fsp3) is 0.176. The van der Waals surface area contributed by atoms with Crippen LogP contribution in [0.5, 0.6) is 5.88 Å². The van der Waals surface area contributed by atoms with Gasteiger partial charge in [0.05, 0.1) is 12.6 Å². The third-order valence-electron chi connectivity index (χ3n) is 3.36. The molecule has 2 heterocycles. The predicted octanol–water partition coefficient (Wildman–Crippen LogP) is 3.56. The van der Waals surface area contributed by atoms with E-state index in [-0.39, 0.29) is 0 Å². The molecule has 0 aliphatic heterocycles. The van der Waals surface area contributed by atoms with Gasteiger partial charge in [0.15, 0.2) is 0 Å². The number of rotatable bonds is 4. The Labute approximate surface area is 123 Å². The van der Waals surface area contributed by atoms with Crippen LogP contribution in [0.15, 0.2) is 48.7 Å². The van der Waals surface area contributed by atoms with Crippen molar-refractivity contribution >= 4 is 16.6 Å². The lowest BCUT2D eigenvalue weighted by molar-refractivity contribution is 0.393. The lowest BCUT2D eigenvalue weighted by atomic mass is 10.1. The van der Waals surface area contributed by atoms with Crippen molar-refractivity contribution in [3.63, 3.8) is 0 Å². The van der Waals surface area contributed by atoms with Gasteiger partial charge in [-0.25, -0.2) is 4.98 Å². The predicted molar refractivity (Wildman–Crippen MR) is 84.6 cm³/mol. The number of hydrogen-bond acceptors (Lipinski definition) is 4. The van der Waals surface area contributed by atoms with Gasteiger partial charge in [-0.15, -0.1) is 0 Å². The summed E-state index contributed by atoms with van der Waals surface area (Å²) in [4.78, 5) is 8.76. The zero-order valence-corrected chi connectivity index (χ0v) is 12.1. The summed E-state index contributed by atoms with van der Waals surface area (Å²) in [6.07, 6.45) is 1.73. The minimum absolute atomic E-state index is 0.653. The summed E-state index contributed by atoms with van der Waals surface area (Å²) < 4.78 is 5.28. The number of aryl methyl sites for hydroxylation is 1. The number of aromatic nitrogens is 2. The molecule has 3 rings (SSSR count). The molecule has 1 N–H and O–H groups in total. The van der Waals surface area contributed by atoms with E-state index < -0.39 is 0 Å². The van der Waals surface area contributed by atoms with Gasteiger partial charge >= 0.3 is 0 Å². The van der Waals surface area contributed by atoms with Crippen LogP contribution in [0.2, 0.25) is 0 Å². The summed E-state index contributed by atoms with van der Waals surface area (Å²) in [6, 6.07) is 14.1. The highest BCUT2D eigenvalue weighted by atomic mass is 16.5. The maximum atomic E-state index is 5.28. The van der Waals surface area contributed by atoms with Crippen LogP contribution in [-0.2, 0) is 6.54 Å². The molecule has 0 radical (unpaired) electrons. The molecular formula is C17H17N3O. The van der Waals surface area contributed by atoms with Gasteiger partial charge in [0, 0.05) is 35.1 Å². The maximum Gasteiger partial charge on any atom is 0.218 e. The molecule has 0 amide bonds. The molecule has 0 saturated heterocycles. The SMILES string of the molecule is COc1ncccc1CNc1cc(C)nc2ccccc12. The molecule has 4 heteroatoms. The Bertz CT molecular complexity index is 771. The number of methoxy groups -OCH3 is 1. The van der Waals surface area contributed by atoms with Crippen LogP contribution in [0.25, 0.3) is 10.9 Å². The summed E-state index contributed by atoms with van der Waals surface area (Å²) in [5, 5.41) is 4.58. The standard InChI is InChI=1S/C17H17N3O/c1-12-10-16(14-7-3-4-8-15(14)20-12)19-11-13-6-5-9-18-17(13)21-2/h3-10H,11H2,1-2H3,(H,19,20). The molecule has 0 aliphatic rings. The van der Waals surface area contributed by atoms with Crippen molar-refractivity contribution in [2.45, 2.75) is 13.5 Å². The molecule has 21 heavy (non-hydrogen) atoms. The van der Waals surface area contributed by atoms with E-state index in [0.29, 0.717) is 12.4 Å². The van der Waals surface area contributed by atoms with Crippen molar-refractivity contribution in [3.05, 3.63) is 59.9 Å². The molecule has 1 aromatic carbocycles. The Hall–Kier alpha value is -2.62. The van der Waals surface area contributed by atoms with Gasteiger partial charge in [0.1, 0.15) is 0 Å². The highest BCUT2D eigenvalue weighted by Gasteiger charge is 2.06. The number of fused-ring (bicyclic) bond motifs is 1. The van der Waals surface area contributed by atoms with Crippen molar-refractivity contribution in [1.29, 1.82) is 0 Å². The number of para-hydroxylation sites is 1. The summed E-state index contributed by atoms with van der Waals surface area (Å²) in [7, 11) is 1.64. The molecule has 106 valence electrons. The second kappa shape index (κ2) is 5.79. The van der Waals surface area contributed by atoms with Crippen LogP contribution in [0, 0.1) is 6.92 Å². The van der Waals surface area contributed by atoms with Crippen LogP contribution in [0.4, 0.5) is 5.69 Å². The van der Waals surface area contributed by atoms with E-state index in [1.165, 1.54) is 0 Å². The Balaban J connectivity index is 1.92. The molecule has 0 atom stereocenters. The molecule has 0 unspecified atom stereocenters. The van der Waals surface area contributed by atoms with Crippen LogP contribution in [-0.4, -0.2) is 17.1 Å². The second-order valence-corrected chi connectivity index (χ2v) is 4.85. The van der Waals surface area contributed by atoms with E-state index in [4.69, 9.17) is 4.74 Å². The quantitative estimate of drug-likeness (QED) is 0.793. The van der Waals surface area contributed by atoms with Crippen LogP contribution in [0.1, 0.15) is 11.3 Å². The maximum absolute atomic E-state index is 5.28. The van der Waals surface area contributed by atoms with Gasteiger partial charge in [-0.2, -0.15) is 0 Å². The number of ether oxygens (including phenoxy) is 1. The fourth-order valence-corrected chi connectivity index (χ4v) is 2.39. The van der Waals surface area contributed by atoms with Gasteiger partial charge in [-0.3, -0.25) is 4.98 Å². The Morgan fingerprint density at radius 1 is 1.14 bits per heavy atom. The zero-order valence-electron chi connectivity index (χ0n) is 12.1. The Morgan fingerprint density at radius 2 is 2.00 bits per heavy atom. The average molecular weight is 279 g/mol. The van der Waals surface area contributed by atoms with Crippen LogP contribution >= 0.6 is 0 Å². The topological polar surface area (TPSA) is 47.0 Å². The van der Waals surface area contributed by atoms with Gasteiger partial charge in [-0.1, -0.05) is 24.3 Å². The van der Waals surface area contributed by atoms with Gasteiger partial charge in [0.25, 0.3) is 0 Å². The summed E-state index contributed by atoms with van der Waals surface area (Å²) in [5.74, 6) is 0.653. The minimum atomic E-state index is 0.653. The molecule has 2 aromatic heterocycles. The first-order valence-electron chi connectivity index (χ1n) is 6.86. The van der Waals surface area contributed by atoms with Crippen molar-refractivity contribution in [1.82, 2.24) is 9.97 Å². The first kappa shape index (κ1) is 13.4. The normalized spacial score (nSPS) is 10.6.